The van der Waals surface area contributed by atoms with E-state index in [1.54, 1.807) is 11.8 Å². The predicted molar refractivity (Wildman–Crippen MR) is 117 cm³/mol. The predicted octanol–water partition coefficient (Wildman–Crippen LogP) is 4.27. The number of amides is 1. The minimum Gasteiger partial charge on any atom is -0.367 e. The second-order valence-corrected chi connectivity index (χ2v) is 8.40. The zero-order valence-corrected chi connectivity index (χ0v) is 17.4. The van der Waals surface area contributed by atoms with Crippen molar-refractivity contribution in [1.82, 2.24) is 4.90 Å². The molecule has 0 atom stereocenters. The smallest absolute Gasteiger partial charge is 0.234 e. The molecule has 4 nitrogen and oxygen atoms in total. The van der Waals surface area contributed by atoms with Gasteiger partial charge in [0.25, 0.3) is 0 Å². The Morgan fingerprint density at radius 2 is 1.93 bits per heavy atom. The number of anilines is 2. The van der Waals surface area contributed by atoms with E-state index < -0.39 is 0 Å². The molecule has 0 aromatic heterocycles. The van der Waals surface area contributed by atoms with Gasteiger partial charge in [-0.15, -0.1) is 11.8 Å². The zero-order chi connectivity index (χ0) is 19.2. The molecule has 1 N–H and O–H groups in total. The lowest BCUT2D eigenvalue weighted by Gasteiger charge is -2.35. The number of likely N-dealkylation sites (N-methyl/N-ethyl adjacent to an activating group) is 1. The molecule has 0 bridgehead atoms. The van der Waals surface area contributed by atoms with Crippen LogP contribution >= 0.6 is 23.4 Å². The molecule has 1 aliphatic heterocycles. The summed E-state index contributed by atoms with van der Waals surface area (Å²) in [5.41, 5.74) is 4.33. The summed E-state index contributed by atoms with van der Waals surface area (Å²) < 4.78 is 0. The van der Waals surface area contributed by atoms with Gasteiger partial charge in [-0.05, 0) is 37.7 Å². The zero-order valence-electron chi connectivity index (χ0n) is 15.9. The van der Waals surface area contributed by atoms with Crippen LogP contribution < -0.4 is 10.2 Å². The topological polar surface area (TPSA) is 35.6 Å². The van der Waals surface area contributed by atoms with E-state index in [1.807, 2.05) is 18.2 Å². The van der Waals surface area contributed by atoms with Gasteiger partial charge in [-0.1, -0.05) is 41.4 Å². The van der Waals surface area contributed by atoms with Gasteiger partial charge in [-0.2, -0.15) is 0 Å². The fourth-order valence-electron chi connectivity index (χ4n) is 3.18. The summed E-state index contributed by atoms with van der Waals surface area (Å²) in [6.45, 7) is 6.01. The number of rotatable bonds is 6. The van der Waals surface area contributed by atoms with Crippen LogP contribution in [0.25, 0.3) is 0 Å². The second kappa shape index (κ2) is 9.49. The van der Waals surface area contributed by atoms with Crippen LogP contribution in [0.4, 0.5) is 11.4 Å². The number of thioether (sulfide) groups is 1. The molecule has 0 saturated carbocycles. The number of nitrogens with one attached hydrogen (secondary N) is 1. The van der Waals surface area contributed by atoms with Crippen molar-refractivity contribution in [2.75, 3.05) is 49.2 Å². The van der Waals surface area contributed by atoms with Crippen molar-refractivity contribution in [3.05, 3.63) is 58.6 Å². The van der Waals surface area contributed by atoms with Gasteiger partial charge in [0.1, 0.15) is 0 Å². The highest BCUT2D eigenvalue weighted by Gasteiger charge is 2.18. The molecule has 1 heterocycles. The first-order valence-corrected chi connectivity index (χ1v) is 10.7. The largest absolute Gasteiger partial charge is 0.367 e. The molecule has 27 heavy (non-hydrogen) atoms. The van der Waals surface area contributed by atoms with Crippen LogP contribution in [0, 0.1) is 6.92 Å². The Hall–Kier alpha value is -1.69. The standard InChI is InChI=1S/C21H26ClN3OS/c1-16-4-3-5-17(12-16)14-27-15-21(26)23-19-13-18(22)6-7-20(19)25-10-8-24(2)9-11-25/h3-7,12-13H,8-11,14-15H2,1-2H3,(H,23,26). The molecular weight excluding hydrogens is 378 g/mol. The van der Waals surface area contributed by atoms with Crippen LogP contribution in [0.15, 0.2) is 42.5 Å². The van der Waals surface area contributed by atoms with E-state index in [-0.39, 0.29) is 5.91 Å². The number of nitrogens with zero attached hydrogens (tertiary/aromatic N) is 2. The Morgan fingerprint density at radius 1 is 1.15 bits per heavy atom. The maximum absolute atomic E-state index is 12.5. The van der Waals surface area contributed by atoms with Gasteiger partial charge in [0.2, 0.25) is 5.91 Å². The van der Waals surface area contributed by atoms with Crippen LogP contribution in [0.1, 0.15) is 11.1 Å². The van der Waals surface area contributed by atoms with E-state index in [4.69, 9.17) is 11.6 Å². The minimum atomic E-state index is 0.00490. The third-order valence-corrected chi connectivity index (χ3v) is 5.90. The Labute approximate surface area is 170 Å². The van der Waals surface area contributed by atoms with Gasteiger partial charge >= 0.3 is 0 Å². The number of hydrogen-bond donors (Lipinski definition) is 1. The maximum Gasteiger partial charge on any atom is 0.234 e. The van der Waals surface area contributed by atoms with Gasteiger partial charge in [0.05, 0.1) is 17.1 Å². The second-order valence-electron chi connectivity index (χ2n) is 6.98. The van der Waals surface area contributed by atoms with Gasteiger partial charge in [0, 0.05) is 37.0 Å². The summed E-state index contributed by atoms with van der Waals surface area (Å²) in [5, 5.41) is 3.69. The van der Waals surface area contributed by atoms with Crippen molar-refractivity contribution in [2.45, 2.75) is 12.7 Å². The van der Waals surface area contributed by atoms with Crippen LogP contribution in [0.2, 0.25) is 5.02 Å². The van der Waals surface area contributed by atoms with Crippen molar-refractivity contribution < 1.29 is 4.79 Å². The number of carbonyl (C=O) groups excluding carboxylic acids is 1. The van der Waals surface area contributed by atoms with E-state index >= 15 is 0 Å². The summed E-state index contributed by atoms with van der Waals surface area (Å²) >= 11 is 7.80. The Bertz CT molecular complexity index is 791. The van der Waals surface area contributed by atoms with Crippen molar-refractivity contribution >= 4 is 40.6 Å². The molecule has 2 aromatic rings. The fourth-order valence-corrected chi connectivity index (χ4v) is 4.13. The molecule has 0 unspecified atom stereocenters. The highest BCUT2D eigenvalue weighted by atomic mass is 35.5. The van der Waals surface area contributed by atoms with Crippen LogP contribution in [0.3, 0.4) is 0 Å². The number of aryl methyl sites for hydroxylation is 1. The van der Waals surface area contributed by atoms with E-state index in [9.17, 15) is 4.79 Å². The van der Waals surface area contributed by atoms with Gasteiger partial charge in [-0.25, -0.2) is 0 Å². The van der Waals surface area contributed by atoms with Crippen molar-refractivity contribution in [3.63, 3.8) is 0 Å². The fraction of sp³-hybridized carbons (Fsp3) is 0.381. The van der Waals surface area contributed by atoms with Crippen molar-refractivity contribution in [1.29, 1.82) is 0 Å². The average molecular weight is 404 g/mol. The monoisotopic (exact) mass is 403 g/mol. The lowest BCUT2D eigenvalue weighted by atomic mass is 10.2. The molecular formula is C21H26ClN3OS. The SMILES string of the molecule is Cc1cccc(CSCC(=O)Nc2cc(Cl)ccc2N2CCN(C)CC2)c1. The van der Waals surface area contributed by atoms with Gasteiger partial charge in [0.15, 0.2) is 0 Å². The number of carbonyl (C=O) groups is 1. The molecule has 3 rings (SSSR count). The minimum absolute atomic E-state index is 0.00490. The number of piperazine rings is 1. The molecule has 144 valence electrons. The highest BCUT2D eigenvalue weighted by molar-refractivity contribution is 7.99. The molecule has 0 spiro atoms. The molecule has 1 fully saturated rings. The molecule has 0 radical (unpaired) electrons. The van der Waals surface area contributed by atoms with Gasteiger partial charge in [-0.3, -0.25) is 4.79 Å². The lowest BCUT2D eigenvalue weighted by Crippen LogP contribution is -2.44. The normalized spacial score (nSPS) is 15.0. The van der Waals surface area contributed by atoms with Crippen molar-refractivity contribution in [2.24, 2.45) is 0 Å². The molecule has 1 saturated heterocycles. The first kappa shape index (κ1) is 20.1. The summed E-state index contributed by atoms with van der Waals surface area (Å²) in [5.74, 6) is 1.25. The molecule has 6 heteroatoms. The Morgan fingerprint density at radius 3 is 2.67 bits per heavy atom. The Kier molecular flexibility index (Phi) is 7.05. The summed E-state index contributed by atoms with van der Waals surface area (Å²) in [4.78, 5) is 17.1. The van der Waals surface area contributed by atoms with Crippen molar-refractivity contribution in [3.8, 4) is 0 Å². The van der Waals surface area contributed by atoms with Crippen LogP contribution in [0.5, 0.6) is 0 Å². The first-order chi connectivity index (χ1) is 13.0. The summed E-state index contributed by atoms with van der Waals surface area (Å²) in [6.07, 6.45) is 0. The highest BCUT2D eigenvalue weighted by Crippen LogP contribution is 2.30. The van der Waals surface area contributed by atoms with E-state index in [2.05, 4.69) is 53.4 Å². The number of hydrogen-bond acceptors (Lipinski definition) is 4. The third kappa shape index (κ3) is 5.89. The first-order valence-electron chi connectivity index (χ1n) is 9.17. The lowest BCUT2D eigenvalue weighted by molar-refractivity contribution is -0.113. The van der Waals surface area contributed by atoms with Crippen LogP contribution in [-0.4, -0.2) is 49.8 Å². The van der Waals surface area contributed by atoms with Gasteiger partial charge < -0.3 is 15.1 Å². The Balaban J connectivity index is 1.59. The molecule has 1 amide bonds. The molecule has 2 aromatic carbocycles. The number of halogens is 1. The van der Waals surface area contributed by atoms with E-state index in [1.165, 1.54) is 11.1 Å². The quantitative estimate of drug-likeness (QED) is 0.781. The maximum atomic E-state index is 12.5. The molecule has 0 aliphatic carbocycles. The van der Waals surface area contributed by atoms with Crippen LogP contribution in [-0.2, 0) is 10.5 Å². The number of benzene rings is 2. The third-order valence-electron chi connectivity index (χ3n) is 4.66. The van der Waals surface area contributed by atoms with E-state index in [0.29, 0.717) is 10.8 Å². The average Bonchev–Trinajstić information content (AvgIpc) is 2.63. The summed E-state index contributed by atoms with van der Waals surface area (Å²) in [6, 6.07) is 14.1. The molecule has 1 aliphatic rings. The summed E-state index contributed by atoms with van der Waals surface area (Å²) in [7, 11) is 2.13. The van der Waals surface area contributed by atoms with E-state index in [0.717, 1.165) is 43.3 Å².